The number of nitrogens with zero attached hydrogens (tertiary/aromatic N) is 1. The molecule has 4 aromatic rings. The number of carbonyl (C=O) groups is 1. The van der Waals surface area contributed by atoms with Crippen LogP contribution in [0, 0.1) is 6.92 Å². The maximum Gasteiger partial charge on any atom is 0.257 e. The Kier molecular flexibility index (Phi) is 6.08. The number of hydrogen-bond acceptors (Lipinski definition) is 4. The Morgan fingerprint density at radius 3 is 2.60 bits per heavy atom. The molecule has 1 aromatic heterocycles. The number of nitrogens with one attached hydrogen (secondary N) is 2. The van der Waals surface area contributed by atoms with Crippen LogP contribution in [0.25, 0.3) is 10.2 Å². The van der Waals surface area contributed by atoms with Crippen molar-refractivity contribution in [1.29, 1.82) is 0 Å². The largest absolute Gasteiger partial charge is 0.332 e. The van der Waals surface area contributed by atoms with Crippen LogP contribution in [-0.2, 0) is 6.42 Å². The van der Waals surface area contributed by atoms with Gasteiger partial charge in [-0.25, -0.2) is 4.98 Å². The molecule has 2 N–H and O–H groups in total. The molecule has 3 aromatic carbocycles. The second kappa shape index (κ2) is 8.92. The molecular weight excluding hydrogens is 434 g/mol. The van der Waals surface area contributed by atoms with Crippen LogP contribution >= 0.6 is 35.2 Å². The van der Waals surface area contributed by atoms with Gasteiger partial charge in [0, 0.05) is 22.7 Å². The lowest BCUT2D eigenvalue weighted by Gasteiger charge is -2.10. The number of amides is 1. The van der Waals surface area contributed by atoms with Gasteiger partial charge in [0.2, 0.25) is 0 Å². The summed E-state index contributed by atoms with van der Waals surface area (Å²) in [4.78, 5) is 17.0. The molecule has 0 spiro atoms. The summed E-state index contributed by atoms with van der Waals surface area (Å²) in [5.74, 6) is -0.304. The Labute approximate surface area is 188 Å². The topological polar surface area (TPSA) is 54.0 Å². The van der Waals surface area contributed by atoms with Crippen LogP contribution in [0.4, 0.5) is 5.69 Å². The molecule has 30 heavy (non-hydrogen) atoms. The quantitative estimate of drug-likeness (QED) is 0.375. The molecule has 0 saturated heterocycles. The number of aryl methyl sites for hydroxylation is 1. The molecule has 0 unspecified atom stereocenters. The summed E-state index contributed by atoms with van der Waals surface area (Å²) in [6, 6.07) is 21.2. The third-order valence-electron chi connectivity index (χ3n) is 4.57. The van der Waals surface area contributed by atoms with Crippen molar-refractivity contribution in [3.63, 3.8) is 0 Å². The molecule has 0 radical (unpaired) electrons. The van der Waals surface area contributed by atoms with Crippen molar-refractivity contribution in [2.45, 2.75) is 13.3 Å². The number of anilines is 1. The summed E-state index contributed by atoms with van der Waals surface area (Å²) < 4.78 is 1.20. The van der Waals surface area contributed by atoms with Gasteiger partial charge in [0.15, 0.2) is 5.11 Å². The predicted molar refractivity (Wildman–Crippen MR) is 129 cm³/mol. The third kappa shape index (κ3) is 4.84. The van der Waals surface area contributed by atoms with E-state index < -0.39 is 0 Å². The fourth-order valence-electron chi connectivity index (χ4n) is 2.95. The Hall–Kier alpha value is -2.80. The van der Waals surface area contributed by atoms with E-state index in [9.17, 15) is 4.79 Å². The Balaban J connectivity index is 1.36. The molecule has 0 aliphatic rings. The molecule has 0 fully saturated rings. The first-order valence-corrected chi connectivity index (χ1v) is 10.9. The van der Waals surface area contributed by atoms with Crippen molar-refractivity contribution in [2.75, 3.05) is 5.32 Å². The third-order valence-corrected chi connectivity index (χ3v) is 6.21. The van der Waals surface area contributed by atoms with Crippen molar-refractivity contribution < 1.29 is 4.79 Å². The van der Waals surface area contributed by atoms with Crippen LogP contribution in [0.2, 0.25) is 5.02 Å². The van der Waals surface area contributed by atoms with Crippen LogP contribution in [0.1, 0.15) is 26.5 Å². The second-order valence-electron chi connectivity index (χ2n) is 6.82. The number of rotatable bonds is 4. The molecule has 0 saturated carbocycles. The lowest BCUT2D eigenvalue weighted by atomic mass is 10.1. The van der Waals surface area contributed by atoms with Crippen LogP contribution in [0.3, 0.4) is 0 Å². The van der Waals surface area contributed by atoms with E-state index in [-0.39, 0.29) is 11.0 Å². The van der Waals surface area contributed by atoms with E-state index in [0.29, 0.717) is 10.6 Å². The van der Waals surface area contributed by atoms with E-state index in [1.165, 1.54) is 4.70 Å². The molecule has 4 nitrogen and oxygen atoms in total. The van der Waals surface area contributed by atoms with Gasteiger partial charge in [0.1, 0.15) is 0 Å². The van der Waals surface area contributed by atoms with Crippen LogP contribution < -0.4 is 10.6 Å². The zero-order valence-corrected chi connectivity index (χ0v) is 18.5. The minimum absolute atomic E-state index is 0.232. The Morgan fingerprint density at radius 2 is 1.87 bits per heavy atom. The Morgan fingerprint density at radius 1 is 1.10 bits per heavy atom. The minimum atomic E-state index is -0.304. The number of para-hydroxylation sites is 1. The molecule has 0 atom stereocenters. The van der Waals surface area contributed by atoms with Crippen LogP contribution in [-0.4, -0.2) is 16.0 Å². The highest BCUT2D eigenvalue weighted by atomic mass is 35.5. The molecule has 4 rings (SSSR count). The molecule has 7 heteroatoms. The van der Waals surface area contributed by atoms with E-state index in [2.05, 4.69) is 21.7 Å². The van der Waals surface area contributed by atoms with Gasteiger partial charge in [0.25, 0.3) is 5.91 Å². The first-order chi connectivity index (χ1) is 14.5. The molecule has 1 heterocycles. The van der Waals surface area contributed by atoms with E-state index in [1.807, 2.05) is 49.4 Å². The zero-order valence-electron chi connectivity index (χ0n) is 16.1. The maximum atomic E-state index is 12.3. The van der Waals surface area contributed by atoms with Gasteiger partial charge in [-0.05, 0) is 66.7 Å². The fourth-order valence-corrected chi connectivity index (χ4v) is 4.34. The van der Waals surface area contributed by atoms with Crippen molar-refractivity contribution >= 4 is 62.1 Å². The summed E-state index contributed by atoms with van der Waals surface area (Å²) in [5.41, 5.74) is 4.37. The number of aromatic nitrogens is 1. The monoisotopic (exact) mass is 451 g/mol. The van der Waals surface area contributed by atoms with Crippen LogP contribution in [0.15, 0.2) is 66.7 Å². The maximum absolute atomic E-state index is 12.3. The summed E-state index contributed by atoms with van der Waals surface area (Å²) >= 11 is 13.1. The van der Waals surface area contributed by atoms with Crippen molar-refractivity contribution in [3.05, 3.63) is 93.5 Å². The minimum Gasteiger partial charge on any atom is -0.332 e. The average Bonchev–Trinajstić information content (AvgIpc) is 3.13. The zero-order chi connectivity index (χ0) is 21.1. The number of thiazole rings is 1. The van der Waals surface area contributed by atoms with Crippen molar-refractivity contribution in [3.8, 4) is 0 Å². The highest BCUT2D eigenvalue weighted by Gasteiger charge is 2.10. The van der Waals surface area contributed by atoms with Gasteiger partial charge in [-0.1, -0.05) is 41.9 Å². The fraction of sp³-hybridized carbons (Fsp3) is 0.0870. The number of halogens is 1. The SMILES string of the molecule is Cc1ccc(C(=O)NC(=S)Nc2ccc(Cc3nc4ccccc4s3)cc2)cc1Cl. The summed E-state index contributed by atoms with van der Waals surface area (Å²) in [6.45, 7) is 1.89. The standard InChI is InChI=1S/C23H18ClN3OS2/c1-14-6-9-16(13-18(14)24)22(28)27-23(29)25-17-10-7-15(8-11-17)12-21-26-19-4-2-3-5-20(19)30-21/h2-11,13H,12H2,1H3,(H2,25,27,28,29). The smallest absolute Gasteiger partial charge is 0.257 e. The van der Waals surface area contributed by atoms with Gasteiger partial charge in [-0.3, -0.25) is 10.1 Å². The van der Waals surface area contributed by atoms with Gasteiger partial charge in [0.05, 0.1) is 15.2 Å². The normalized spacial score (nSPS) is 10.7. The molecule has 1 amide bonds. The number of benzene rings is 3. The van der Waals surface area contributed by atoms with Gasteiger partial charge in [-0.15, -0.1) is 11.3 Å². The first-order valence-electron chi connectivity index (χ1n) is 9.30. The van der Waals surface area contributed by atoms with Gasteiger partial charge < -0.3 is 5.32 Å². The average molecular weight is 452 g/mol. The van der Waals surface area contributed by atoms with E-state index in [0.717, 1.165) is 33.8 Å². The highest BCUT2D eigenvalue weighted by Crippen LogP contribution is 2.24. The molecule has 0 bridgehead atoms. The number of fused-ring (bicyclic) bond motifs is 1. The van der Waals surface area contributed by atoms with Crippen molar-refractivity contribution in [2.24, 2.45) is 0 Å². The number of hydrogen-bond donors (Lipinski definition) is 2. The predicted octanol–water partition coefficient (Wildman–Crippen LogP) is 5.98. The van der Waals surface area contributed by atoms with Crippen LogP contribution in [0.5, 0.6) is 0 Å². The molecule has 0 aliphatic heterocycles. The van der Waals surface area contributed by atoms with Gasteiger partial charge >= 0.3 is 0 Å². The lowest BCUT2D eigenvalue weighted by molar-refractivity contribution is 0.0977. The summed E-state index contributed by atoms with van der Waals surface area (Å²) in [7, 11) is 0. The van der Waals surface area contributed by atoms with E-state index in [4.69, 9.17) is 23.8 Å². The number of carbonyl (C=O) groups excluding carboxylic acids is 1. The lowest BCUT2D eigenvalue weighted by Crippen LogP contribution is -2.34. The summed E-state index contributed by atoms with van der Waals surface area (Å²) in [6.07, 6.45) is 0.773. The molecular formula is C23H18ClN3OS2. The van der Waals surface area contributed by atoms with Gasteiger partial charge in [-0.2, -0.15) is 0 Å². The second-order valence-corrected chi connectivity index (χ2v) is 8.75. The molecule has 150 valence electrons. The Bertz CT molecular complexity index is 1200. The first kappa shape index (κ1) is 20.5. The molecule has 0 aliphatic carbocycles. The highest BCUT2D eigenvalue weighted by molar-refractivity contribution is 7.80. The van der Waals surface area contributed by atoms with E-state index in [1.54, 1.807) is 29.5 Å². The van der Waals surface area contributed by atoms with Crippen molar-refractivity contribution in [1.82, 2.24) is 10.3 Å². The van der Waals surface area contributed by atoms with E-state index >= 15 is 0 Å². The number of thiocarbonyl (C=S) groups is 1. The summed E-state index contributed by atoms with van der Waals surface area (Å²) in [5, 5.41) is 7.57.